The number of hydrogen-bond acceptors (Lipinski definition) is 6. The number of carbonyl (C=O) groups is 1. The van der Waals surface area contributed by atoms with Crippen LogP contribution in [0.5, 0.6) is 0 Å². The summed E-state index contributed by atoms with van der Waals surface area (Å²) < 4.78 is 14.3. The molecule has 0 unspecified atom stereocenters. The predicted molar refractivity (Wildman–Crippen MR) is 120 cm³/mol. The van der Waals surface area contributed by atoms with E-state index >= 15 is 0 Å². The quantitative estimate of drug-likeness (QED) is 0.647. The Morgan fingerprint density at radius 3 is 2.58 bits per heavy atom. The van der Waals surface area contributed by atoms with Gasteiger partial charge in [0.05, 0.1) is 42.1 Å². The number of halogens is 1. The van der Waals surface area contributed by atoms with Crippen LogP contribution in [-0.4, -0.2) is 69.7 Å². The Labute approximate surface area is 187 Å². The van der Waals surface area contributed by atoms with Crippen molar-refractivity contribution in [2.24, 2.45) is 7.05 Å². The Morgan fingerprint density at radius 2 is 2.00 bits per heavy atom. The molecule has 1 fully saturated rings. The first kappa shape index (κ1) is 23.4. The van der Waals surface area contributed by atoms with E-state index in [4.69, 9.17) is 21.1 Å². The molecule has 3 rings (SSSR count). The summed E-state index contributed by atoms with van der Waals surface area (Å²) >= 11 is 6.00. The van der Waals surface area contributed by atoms with Crippen LogP contribution in [0.25, 0.3) is 5.65 Å². The molecular weight excluding hydrogens is 422 g/mol. The van der Waals surface area contributed by atoms with Gasteiger partial charge in [-0.15, -0.1) is 11.6 Å². The number of aryl methyl sites for hydroxylation is 1. The molecule has 0 N–H and O–H groups in total. The van der Waals surface area contributed by atoms with Gasteiger partial charge >= 0.3 is 6.09 Å². The van der Waals surface area contributed by atoms with Crippen molar-refractivity contribution >= 4 is 29.0 Å². The number of piperazine rings is 1. The SMILES string of the molecule is CC[C@@H]1CN(c2cc(=O)n(C)n3cc(CCl)nc23)[C@@H](COC)CN1C(=O)OC(C)(C)C. The van der Waals surface area contributed by atoms with Crippen molar-refractivity contribution in [3.8, 4) is 0 Å². The summed E-state index contributed by atoms with van der Waals surface area (Å²) in [6, 6.07) is 1.36. The van der Waals surface area contributed by atoms with Crippen molar-refractivity contribution in [1.82, 2.24) is 19.1 Å². The van der Waals surface area contributed by atoms with Gasteiger partial charge in [-0.2, -0.15) is 0 Å². The third-order valence-corrected chi connectivity index (χ3v) is 5.74. The molecule has 2 aromatic rings. The minimum absolute atomic E-state index is 0.0745. The number of alkyl halides is 1. The van der Waals surface area contributed by atoms with Crippen LogP contribution in [0.1, 0.15) is 39.8 Å². The highest BCUT2D eigenvalue weighted by atomic mass is 35.5. The lowest BCUT2D eigenvalue weighted by molar-refractivity contribution is 0.00646. The molecule has 2 atom stereocenters. The number of aromatic nitrogens is 3. The van der Waals surface area contributed by atoms with E-state index in [0.717, 1.165) is 6.42 Å². The van der Waals surface area contributed by atoms with Crippen molar-refractivity contribution in [2.45, 2.75) is 57.7 Å². The first-order chi connectivity index (χ1) is 14.6. The molecule has 172 valence electrons. The largest absolute Gasteiger partial charge is 0.444 e. The minimum Gasteiger partial charge on any atom is -0.444 e. The van der Waals surface area contributed by atoms with Gasteiger partial charge in [-0.1, -0.05) is 6.92 Å². The summed E-state index contributed by atoms with van der Waals surface area (Å²) in [7, 11) is 3.32. The van der Waals surface area contributed by atoms with Crippen LogP contribution in [0.3, 0.4) is 0 Å². The van der Waals surface area contributed by atoms with Crippen LogP contribution < -0.4 is 10.5 Å². The van der Waals surface area contributed by atoms with E-state index in [9.17, 15) is 9.59 Å². The van der Waals surface area contributed by atoms with Gasteiger partial charge in [0.2, 0.25) is 0 Å². The molecule has 10 heteroatoms. The van der Waals surface area contributed by atoms with Crippen LogP contribution >= 0.6 is 11.6 Å². The molecule has 0 saturated carbocycles. The van der Waals surface area contributed by atoms with Gasteiger partial charge in [-0.25, -0.2) is 19.0 Å². The summed E-state index contributed by atoms with van der Waals surface area (Å²) in [5, 5.41) is 0. The number of ether oxygens (including phenoxy) is 2. The number of imidazole rings is 1. The molecule has 0 spiro atoms. The molecule has 1 amide bonds. The molecular formula is C21H32ClN5O4. The molecule has 0 aromatic carbocycles. The molecule has 3 heterocycles. The highest BCUT2D eigenvalue weighted by Gasteiger charge is 2.38. The average Bonchev–Trinajstić information content (AvgIpc) is 3.14. The monoisotopic (exact) mass is 453 g/mol. The molecule has 9 nitrogen and oxygen atoms in total. The number of rotatable bonds is 5. The molecule has 0 aliphatic carbocycles. The number of hydrogen-bond donors (Lipinski definition) is 0. The number of carbonyl (C=O) groups excluding carboxylic acids is 1. The van der Waals surface area contributed by atoms with Gasteiger partial charge in [0.1, 0.15) is 5.60 Å². The Bertz CT molecular complexity index is 996. The van der Waals surface area contributed by atoms with E-state index in [2.05, 4.69) is 9.88 Å². The van der Waals surface area contributed by atoms with Crippen molar-refractivity contribution in [3.63, 3.8) is 0 Å². The zero-order valence-corrected chi connectivity index (χ0v) is 19.8. The maximum absolute atomic E-state index is 12.9. The molecule has 31 heavy (non-hydrogen) atoms. The Balaban J connectivity index is 2.03. The van der Waals surface area contributed by atoms with Crippen LogP contribution in [0.2, 0.25) is 0 Å². The van der Waals surface area contributed by atoms with E-state index in [0.29, 0.717) is 36.7 Å². The summed E-state index contributed by atoms with van der Waals surface area (Å²) in [5.41, 5.74) is 1.32. The number of nitrogens with zero attached hydrogens (tertiary/aromatic N) is 5. The van der Waals surface area contributed by atoms with Crippen LogP contribution in [0.15, 0.2) is 17.1 Å². The van der Waals surface area contributed by atoms with Gasteiger partial charge in [-0.3, -0.25) is 4.79 Å². The smallest absolute Gasteiger partial charge is 0.410 e. The zero-order valence-electron chi connectivity index (χ0n) is 19.1. The van der Waals surface area contributed by atoms with Crippen molar-refractivity contribution in [2.75, 3.05) is 31.7 Å². The van der Waals surface area contributed by atoms with Gasteiger partial charge in [0, 0.05) is 33.3 Å². The Morgan fingerprint density at radius 1 is 1.29 bits per heavy atom. The topological polar surface area (TPSA) is 81.3 Å². The summed E-state index contributed by atoms with van der Waals surface area (Å²) in [6.45, 7) is 8.97. The third-order valence-electron chi connectivity index (χ3n) is 5.47. The molecule has 1 aliphatic heterocycles. The second-order valence-corrected chi connectivity index (χ2v) is 9.15. The fourth-order valence-electron chi connectivity index (χ4n) is 3.95. The first-order valence-electron chi connectivity index (χ1n) is 10.5. The van der Waals surface area contributed by atoms with Crippen LogP contribution in [0.4, 0.5) is 10.5 Å². The van der Waals surface area contributed by atoms with E-state index < -0.39 is 5.60 Å². The van der Waals surface area contributed by atoms with Gasteiger partial charge in [0.25, 0.3) is 5.56 Å². The molecule has 1 saturated heterocycles. The zero-order chi connectivity index (χ0) is 22.9. The lowest BCUT2D eigenvalue weighted by atomic mass is 10.0. The fourth-order valence-corrected chi connectivity index (χ4v) is 4.08. The summed E-state index contributed by atoms with van der Waals surface area (Å²) in [6.07, 6.45) is 2.18. The predicted octanol–water partition coefficient (Wildman–Crippen LogP) is 2.62. The summed E-state index contributed by atoms with van der Waals surface area (Å²) in [5.74, 6) is 0.251. The highest BCUT2D eigenvalue weighted by molar-refractivity contribution is 6.16. The van der Waals surface area contributed by atoms with Crippen molar-refractivity contribution < 1.29 is 14.3 Å². The van der Waals surface area contributed by atoms with Gasteiger partial charge in [-0.05, 0) is 27.2 Å². The van der Waals surface area contributed by atoms with Crippen molar-refractivity contribution in [1.29, 1.82) is 0 Å². The van der Waals surface area contributed by atoms with Gasteiger partial charge < -0.3 is 19.3 Å². The van der Waals surface area contributed by atoms with E-state index in [1.807, 2.05) is 27.7 Å². The first-order valence-corrected chi connectivity index (χ1v) is 11.0. The molecule has 2 aromatic heterocycles. The number of amides is 1. The van der Waals surface area contributed by atoms with Crippen molar-refractivity contribution in [3.05, 3.63) is 28.3 Å². The Hall–Kier alpha value is -2.26. The van der Waals surface area contributed by atoms with Crippen LogP contribution in [-0.2, 0) is 22.4 Å². The van der Waals surface area contributed by atoms with Gasteiger partial charge in [0.15, 0.2) is 5.65 Å². The maximum atomic E-state index is 12.9. The van der Waals surface area contributed by atoms with Crippen LogP contribution in [0, 0.1) is 0 Å². The number of fused-ring (bicyclic) bond motifs is 1. The lowest BCUT2D eigenvalue weighted by Gasteiger charge is -2.47. The molecule has 1 aliphatic rings. The van der Waals surface area contributed by atoms with E-state index in [1.54, 1.807) is 35.8 Å². The lowest BCUT2D eigenvalue weighted by Crippen LogP contribution is -2.62. The average molecular weight is 454 g/mol. The normalized spacial score (nSPS) is 19.8. The van der Waals surface area contributed by atoms with E-state index in [1.165, 1.54) is 4.68 Å². The second-order valence-electron chi connectivity index (χ2n) is 8.88. The number of anilines is 1. The molecule has 0 bridgehead atoms. The third kappa shape index (κ3) is 4.82. The standard InChI is InChI=1S/C21H32ClN5O4/c1-7-15-11-25(16(13-30-6)12-26(15)20(29)31-21(2,3)4)17-8-18(28)24(5)27-10-14(9-22)23-19(17)27/h8,10,15-16H,7,9,11-13H2,1-6H3/t15-,16-/m1/s1. The molecule has 0 radical (unpaired) electrons. The second kappa shape index (κ2) is 9.08. The van der Waals surface area contributed by atoms with E-state index in [-0.39, 0.29) is 29.6 Å². The maximum Gasteiger partial charge on any atom is 0.410 e. The fraction of sp³-hybridized carbons (Fsp3) is 0.667. The minimum atomic E-state index is -0.575. The number of methoxy groups -OCH3 is 1. The Kier molecular flexibility index (Phi) is 6.85. The highest BCUT2D eigenvalue weighted by Crippen LogP contribution is 2.29. The summed E-state index contributed by atoms with van der Waals surface area (Å²) in [4.78, 5) is 34.1.